The Bertz CT molecular complexity index is 328. The van der Waals surface area contributed by atoms with Gasteiger partial charge in [-0.25, -0.2) is 0 Å². The summed E-state index contributed by atoms with van der Waals surface area (Å²) < 4.78 is 0. The van der Waals surface area contributed by atoms with Gasteiger partial charge >= 0.3 is 0 Å². The molecule has 1 rings (SSSR count). The maximum Gasteiger partial charge on any atom is 0.0409 e. The molecule has 1 aromatic rings. The molecular weight excluding hydrogens is 232 g/mol. The van der Waals surface area contributed by atoms with E-state index in [0.29, 0.717) is 0 Å². The van der Waals surface area contributed by atoms with Crippen molar-refractivity contribution >= 4 is 11.6 Å². The van der Waals surface area contributed by atoms with Gasteiger partial charge in [0, 0.05) is 24.2 Å². The molecule has 3 heteroatoms. The van der Waals surface area contributed by atoms with E-state index in [1.165, 1.54) is 18.4 Å². The molecular formula is C14H23ClN2. The number of rotatable bonds is 7. The molecule has 0 bridgehead atoms. The Hall–Kier alpha value is -0.570. The van der Waals surface area contributed by atoms with Crippen LogP contribution in [0.3, 0.4) is 0 Å². The third-order valence-electron chi connectivity index (χ3n) is 2.82. The second kappa shape index (κ2) is 7.70. The van der Waals surface area contributed by atoms with Crippen molar-refractivity contribution in [1.82, 2.24) is 4.90 Å². The van der Waals surface area contributed by atoms with Crippen molar-refractivity contribution in [3.8, 4) is 0 Å². The summed E-state index contributed by atoms with van der Waals surface area (Å²) in [7, 11) is 2.10. The van der Waals surface area contributed by atoms with Crippen molar-refractivity contribution in [2.24, 2.45) is 5.73 Å². The molecule has 0 heterocycles. The highest BCUT2D eigenvalue weighted by Gasteiger charge is 2.07. The fraction of sp³-hybridized carbons (Fsp3) is 0.571. The van der Waals surface area contributed by atoms with Crippen LogP contribution in [0.25, 0.3) is 0 Å². The number of benzene rings is 1. The van der Waals surface area contributed by atoms with Gasteiger partial charge < -0.3 is 10.6 Å². The maximum atomic E-state index is 6.08. The molecule has 17 heavy (non-hydrogen) atoms. The summed E-state index contributed by atoms with van der Waals surface area (Å²) >= 11 is 5.96. The first-order chi connectivity index (χ1) is 8.11. The molecule has 96 valence electrons. The van der Waals surface area contributed by atoms with Gasteiger partial charge in [0.1, 0.15) is 0 Å². The van der Waals surface area contributed by atoms with Crippen molar-refractivity contribution < 1.29 is 0 Å². The van der Waals surface area contributed by atoms with Crippen LogP contribution in [0.2, 0.25) is 5.02 Å². The van der Waals surface area contributed by atoms with Crippen LogP contribution < -0.4 is 5.73 Å². The van der Waals surface area contributed by atoms with Crippen LogP contribution in [-0.2, 0) is 6.54 Å². The summed E-state index contributed by atoms with van der Waals surface area (Å²) in [4.78, 5) is 2.26. The lowest BCUT2D eigenvalue weighted by atomic mass is 10.1. The van der Waals surface area contributed by atoms with E-state index in [1.54, 1.807) is 0 Å². The lowest BCUT2D eigenvalue weighted by molar-refractivity contribution is 0.295. The van der Waals surface area contributed by atoms with Crippen molar-refractivity contribution in [2.75, 3.05) is 13.6 Å². The number of halogens is 1. The minimum Gasteiger partial charge on any atom is -0.327 e. The molecule has 0 radical (unpaired) electrons. The molecule has 0 aliphatic heterocycles. The number of hydrogen-bond donors (Lipinski definition) is 1. The van der Waals surface area contributed by atoms with E-state index in [0.717, 1.165) is 24.5 Å². The molecule has 1 atom stereocenters. The van der Waals surface area contributed by atoms with Gasteiger partial charge in [-0.2, -0.15) is 0 Å². The van der Waals surface area contributed by atoms with Crippen molar-refractivity contribution in [2.45, 2.75) is 38.8 Å². The highest BCUT2D eigenvalue weighted by Crippen LogP contribution is 2.12. The molecule has 0 saturated carbocycles. The molecule has 0 aliphatic rings. The lowest BCUT2D eigenvalue weighted by Gasteiger charge is -2.21. The van der Waals surface area contributed by atoms with Crippen molar-refractivity contribution in [3.05, 3.63) is 34.9 Å². The zero-order chi connectivity index (χ0) is 12.7. The van der Waals surface area contributed by atoms with Gasteiger partial charge in [0.15, 0.2) is 0 Å². The molecule has 1 unspecified atom stereocenters. The van der Waals surface area contributed by atoms with E-state index in [-0.39, 0.29) is 6.04 Å². The van der Waals surface area contributed by atoms with Gasteiger partial charge in [-0.3, -0.25) is 0 Å². The Morgan fingerprint density at radius 2 is 2.18 bits per heavy atom. The largest absolute Gasteiger partial charge is 0.327 e. The number of hydrogen-bond acceptors (Lipinski definition) is 2. The molecule has 0 saturated heterocycles. The Balaban J connectivity index is 2.36. The van der Waals surface area contributed by atoms with Crippen molar-refractivity contribution in [1.29, 1.82) is 0 Å². The first-order valence-electron chi connectivity index (χ1n) is 6.30. The fourth-order valence-corrected chi connectivity index (χ4v) is 2.18. The summed E-state index contributed by atoms with van der Waals surface area (Å²) in [5.74, 6) is 0. The Labute approximate surface area is 110 Å². The summed E-state index contributed by atoms with van der Waals surface area (Å²) in [6.45, 7) is 4.04. The zero-order valence-electron chi connectivity index (χ0n) is 10.8. The smallest absolute Gasteiger partial charge is 0.0409 e. The van der Waals surface area contributed by atoms with Gasteiger partial charge in [0.2, 0.25) is 0 Å². The zero-order valence-corrected chi connectivity index (χ0v) is 11.6. The van der Waals surface area contributed by atoms with E-state index in [9.17, 15) is 0 Å². The SMILES string of the molecule is CCCCC(N)CN(C)Cc1cccc(Cl)c1. The third-order valence-corrected chi connectivity index (χ3v) is 3.05. The highest BCUT2D eigenvalue weighted by atomic mass is 35.5. The topological polar surface area (TPSA) is 29.3 Å². The standard InChI is InChI=1S/C14H23ClN2/c1-3-4-8-14(16)11-17(2)10-12-6-5-7-13(15)9-12/h5-7,9,14H,3-4,8,10-11,16H2,1-2H3. The van der Waals surface area contributed by atoms with Gasteiger partial charge in [-0.15, -0.1) is 0 Å². The predicted molar refractivity (Wildman–Crippen MR) is 75.3 cm³/mol. The number of nitrogens with zero attached hydrogens (tertiary/aromatic N) is 1. The molecule has 0 spiro atoms. The van der Waals surface area contributed by atoms with Crippen LogP contribution in [-0.4, -0.2) is 24.5 Å². The molecule has 2 nitrogen and oxygen atoms in total. The van der Waals surface area contributed by atoms with E-state index in [1.807, 2.05) is 18.2 Å². The Morgan fingerprint density at radius 3 is 2.82 bits per heavy atom. The summed E-state index contributed by atoms with van der Waals surface area (Å²) in [5.41, 5.74) is 7.32. The van der Waals surface area contributed by atoms with Gasteiger partial charge in [0.05, 0.1) is 0 Å². The molecule has 0 aromatic heterocycles. The summed E-state index contributed by atoms with van der Waals surface area (Å²) in [6.07, 6.45) is 3.54. The fourth-order valence-electron chi connectivity index (χ4n) is 1.97. The predicted octanol–water partition coefficient (Wildman–Crippen LogP) is 3.29. The number of likely N-dealkylation sites (N-methyl/N-ethyl adjacent to an activating group) is 1. The minimum absolute atomic E-state index is 0.277. The van der Waals surface area contributed by atoms with Crippen LogP contribution in [0, 0.1) is 0 Å². The second-order valence-electron chi connectivity index (χ2n) is 4.73. The first-order valence-corrected chi connectivity index (χ1v) is 6.68. The van der Waals surface area contributed by atoms with Crippen molar-refractivity contribution in [3.63, 3.8) is 0 Å². The average molecular weight is 255 g/mol. The van der Waals surface area contributed by atoms with Crippen LogP contribution >= 0.6 is 11.6 Å². The van der Waals surface area contributed by atoms with Gasteiger partial charge in [0.25, 0.3) is 0 Å². The average Bonchev–Trinajstić information content (AvgIpc) is 2.26. The third kappa shape index (κ3) is 6.06. The van der Waals surface area contributed by atoms with Crippen LogP contribution in [0.15, 0.2) is 24.3 Å². The Kier molecular flexibility index (Phi) is 6.56. The number of unbranched alkanes of at least 4 members (excludes halogenated alkanes) is 1. The quantitative estimate of drug-likeness (QED) is 0.809. The second-order valence-corrected chi connectivity index (χ2v) is 5.17. The Morgan fingerprint density at radius 1 is 1.41 bits per heavy atom. The normalized spacial score (nSPS) is 13.0. The molecule has 0 amide bonds. The molecule has 2 N–H and O–H groups in total. The molecule has 0 aliphatic carbocycles. The minimum atomic E-state index is 0.277. The van der Waals surface area contributed by atoms with Crippen LogP contribution in [0.1, 0.15) is 31.7 Å². The van der Waals surface area contributed by atoms with Crippen LogP contribution in [0.5, 0.6) is 0 Å². The summed E-state index contributed by atoms with van der Waals surface area (Å²) in [6, 6.07) is 8.27. The number of nitrogens with two attached hydrogens (primary N) is 1. The molecule has 0 fully saturated rings. The first kappa shape index (κ1) is 14.5. The van der Waals surface area contributed by atoms with Gasteiger partial charge in [-0.05, 0) is 31.2 Å². The van der Waals surface area contributed by atoms with E-state index >= 15 is 0 Å². The molecule has 1 aromatic carbocycles. The summed E-state index contributed by atoms with van der Waals surface area (Å²) in [5, 5.41) is 0.797. The van der Waals surface area contributed by atoms with E-state index in [2.05, 4.69) is 24.9 Å². The maximum absolute atomic E-state index is 6.08. The highest BCUT2D eigenvalue weighted by molar-refractivity contribution is 6.30. The monoisotopic (exact) mass is 254 g/mol. The van der Waals surface area contributed by atoms with E-state index in [4.69, 9.17) is 17.3 Å². The van der Waals surface area contributed by atoms with Gasteiger partial charge in [-0.1, -0.05) is 43.5 Å². The van der Waals surface area contributed by atoms with E-state index < -0.39 is 0 Å². The van der Waals surface area contributed by atoms with Crippen LogP contribution in [0.4, 0.5) is 0 Å². The lowest BCUT2D eigenvalue weighted by Crippen LogP contribution is -2.34.